The smallest absolute Gasteiger partial charge is 0.410 e. The lowest BCUT2D eigenvalue weighted by molar-refractivity contribution is 0.0240. The van der Waals surface area contributed by atoms with Gasteiger partial charge in [0.2, 0.25) is 0 Å². The van der Waals surface area contributed by atoms with E-state index in [0.29, 0.717) is 25.6 Å². The zero-order valence-electron chi connectivity index (χ0n) is 26.5. The highest BCUT2D eigenvalue weighted by Gasteiger charge is 2.28. The van der Waals surface area contributed by atoms with E-state index in [2.05, 4.69) is 58.4 Å². The van der Waals surface area contributed by atoms with Gasteiger partial charge in [-0.1, -0.05) is 12.1 Å². The van der Waals surface area contributed by atoms with Gasteiger partial charge in [-0.25, -0.2) is 14.6 Å². The summed E-state index contributed by atoms with van der Waals surface area (Å²) in [5.41, 5.74) is 4.41. The zero-order valence-corrected chi connectivity index (χ0v) is 27.3. The summed E-state index contributed by atoms with van der Waals surface area (Å²) in [5.74, 6) is 0.357. The Hall–Kier alpha value is -3.53. The van der Waals surface area contributed by atoms with Crippen molar-refractivity contribution in [3.63, 3.8) is 0 Å². The molecule has 3 aromatic rings. The fourth-order valence-electron chi connectivity index (χ4n) is 5.58. The molecule has 0 bridgehead atoms. The molecule has 1 unspecified atom stereocenters. The Kier molecular flexibility index (Phi) is 8.79. The Morgan fingerprint density at radius 3 is 2.26 bits per heavy atom. The number of thiophene rings is 1. The first-order valence-corrected chi connectivity index (χ1v) is 16.0. The van der Waals surface area contributed by atoms with Gasteiger partial charge in [0.15, 0.2) is 0 Å². The molecule has 0 spiro atoms. The first kappa shape index (κ1) is 30.9. The van der Waals surface area contributed by atoms with E-state index in [1.165, 1.54) is 15.3 Å². The summed E-state index contributed by atoms with van der Waals surface area (Å²) in [4.78, 5) is 37.5. The third-order valence-corrected chi connectivity index (χ3v) is 8.66. The minimum absolute atomic E-state index is 0.243. The highest BCUT2D eigenvalue weighted by molar-refractivity contribution is 7.19. The monoisotopic (exact) mass is 607 g/mol. The third-order valence-electron chi connectivity index (χ3n) is 7.60. The third kappa shape index (κ3) is 7.90. The van der Waals surface area contributed by atoms with Crippen molar-refractivity contribution in [3.05, 3.63) is 41.3 Å². The van der Waals surface area contributed by atoms with Gasteiger partial charge >= 0.3 is 12.2 Å². The lowest BCUT2D eigenvalue weighted by atomic mass is 10.1. The predicted molar refractivity (Wildman–Crippen MR) is 174 cm³/mol. The van der Waals surface area contributed by atoms with Crippen LogP contribution in [0.4, 0.5) is 21.0 Å². The zero-order chi connectivity index (χ0) is 30.9. The first-order valence-electron chi connectivity index (χ1n) is 15.2. The maximum absolute atomic E-state index is 12.5. The van der Waals surface area contributed by atoms with Gasteiger partial charge in [-0.15, -0.1) is 11.3 Å². The molecule has 1 atom stereocenters. The topological polar surface area (TPSA) is 87.2 Å². The number of rotatable bonds is 5. The fraction of sp³-hybridized carbons (Fsp3) is 0.545. The average Bonchev–Trinajstić information content (AvgIpc) is 3.55. The lowest BCUT2D eigenvalue weighted by Crippen LogP contribution is -2.50. The molecule has 2 aliphatic rings. The van der Waals surface area contributed by atoms with Crippen LogP contribution in [0.1, 0.15) is 52.8 Å². The van der Waals surface area contributed by atoms with Crippen LogP contribution < -0.4 is 15.1 Å². The Bertz CT molecular complexity index is 1450. The van der Waals surface area contributed by atoms with Gasteiger partial charge in [0.1, 0.15) is 11.2 Å². The van der Waals surface area contributed by atoms with E-state index in [1.54, 1.807) is 16.2 Å². The maximum Gasteiger partial charge on any atom is 0.410 e. The number of ether oxygens (including phenoxy) is 2. The molecule has 0 aliphatic carbocycles. The van der Waals surface area contributed by atoms with E-state index in [-0.39, 0.29) is 12.2 Å². The number of carbonyl (C=O) groups is 2. The van der Waals surface area contributed by atoms with E-state index in [4.69, 9.17) is 14.5 Å². The van der Waals surface area contributed by atoms with Crippen LogP contribution in [0, 0.1) is 12.8 Å². The largest absolute Gasteiger partial charge is 0.444 e. The molecule has 10 heteroatoms. The van der Waals surface area contributed by atoms with Crippen LogP contribution in [0.5, 0.6) is 0 Å². The highest BCUT2D eigenvalue weighted by Crippen LogP contribution is 2.38. The number of nitrogens with one attached hydrogen (secondary N) is 1. The van der Waals surface area contributed by atoms with Crippen molar-refractivity contribution in [2.75, 3.05) is 55.6 Å². The molecule has 232 valence electrons. The van der Waals surface area contributed by atoms with E-state index in [0.717, 1.165) is 55.1 Å². The van der Waals surface area contributed by atoms with Gasteiger partial charge in [0, 0.05) is 61.9 Å². The SMILES string of the molecule is Cc1cc2nc(-c3ccc(N4CCN(C(=O)OC(C)(C)C)CC4)cc3)cc(N3CCC(CNC(=O)OC(C)(C)C)C3)c2s1. The van der Waals surface area contributed by atoms with Crippen molar-refractivity contribution in [1.82, 2.24) is 15.2 Å². The number of anilines is 2. The summed E-state index contributed by atoms with van der Waals surface area (Å²) in [6.45, 7) is 18.7. The molecule has 1 N–H and O–H groups in total. The average molecular weight is 608 g/mol. The quantitative estimate of drug-likeness (QED) is 0.346. The Balaban J connectivity index is 1.26. The van der Waals surface area contributed by atoms with E-state index in [1.807, 2.05) is 41.5 Å². The second-order valence-corrected chi connectivity index (χ2v) is 14.8. The maximum atomic E-state index is 12.5. The lowest BCUT2D eigenvalue weighted by Gasteiger charge is -2.36. The number of aromatic nitrogens is 1. The number of alkyl carbamates (subject to hydrolysis) is 1. The van der Waals surface area contributed by atoms with Gasteiger partial charge < -0.3 is 29.5 Å². The summed E-state index contributed by atoms with van der Waals surface area (Å²) >= 11 is 1.78. The molecule has 2 fully saturated rings. The number of fused-ring (bicyclic) bond motifs is 1. The number of amides is 2. The van der Waals surface area contributed by atoms with Gasteiger partial charge in [-0.3, -0.25) is 0 Å². The molecule has 2 aromatic heterocycles. The van der Waals surface area contributed by atoms with Gasteiger partial charge in [0.05, 0.1) is 21.6 Å². The van der Waals surface area contributed by atoms with Crippen LogP contribution in [-0.4, -0.2) is 79.1 Å². The van der Waals surface area contributed by atoms with Crippen LogP contribution in [0.15, 0.2) is 36.4 Å². The van der Waals surface area contributed by atoms with Crippen LogP contribution in [0.2, 0.25) is 0 Å². The molecule has 2 aliphatic heterocycles. The van der Waals surface area contributed by atoms with Gasteiger partial charge in [0.25, 0.3) is 0 Å². The van der Waals surface area contributed by atoms with E-state index < -0.39 is 11.2 Å². The normalized spacial score (nSPS) is 17.8. The predicted octanol–water partition coefficient (Wildman–Crippen LogP) is 6.68. The molecule has 5 rings (SSSR count). The number of hydrogen-bond donors (Lipinski definition) is 1. The fourth-order valence-corrected chi connectivity index (χ4v) is 6.58. The molecule has 1 aromatic carbocycles. The number of carbonyl (C=O) groups excluding carboxylic acids is 2. The summed E-state index contributed by atoms with van der Waals surface area (Å²) in [5, 5.41) is 2.95. The Labute approximate surface area is 259 Å². The minimum atomic E-state index is -0.503. The molecule has 4 heterocycles. The second-order valence-electron chi connectivity index (χ2n) is 13.6. The summed E-state index contributed by atoms with van der Waals surface area (Å²) < 4.78 is 12.2. The summed E-state index contributed by atoms with van der Waals surface area (Å²) in [6, 6.07) is 13.0. The standard InChI is InChI=1S/C33H45N5O4S/c1-22-18-27-29(43-22)28(38-13-12-23(21-38)20-34-30(39)41-32(2,3)4)19-26(35-27)24-8-10-25(11-9-24)36-14-16-37(17-15-36)31(40)42-33(5,6)7/h8-11,18-19,23H,12-17,20-21H2,1-7H3,(H,34,39). The number of pyridine rings is 1. The van der Waals surface area contributed by atoms with Crippen LogP contribution in [0.3, 0.4) is 0 Å². The Morgan fingerprint density at radius 2 is 1.60 bits per heavy atom. The van der Waals surface area contributed by atoms with Crippen molar-refractivity contribution in [2.45, 2.75) is 66.1 Å². The van der Waals surface area contributed by atoms with Crippen LogP contribution >= 0.6 is 11.3 Å². The molecule has 43 heavy (non-hydrogen) atoms. The van der Waals surface area contributed by atoms with Gasteiger partial charge in [-0.2, -0.15) is 0 Å². The molecular weight excluding hydrogens is 562 g/mol. The molecule has 0 radical (unpaired) electrons. The van der Waals surface area contributed by atoms with Crippen molar-refractivity contribution < 1.29 is 19.1 Å². The van der Waals surface area contributed by atoms with Crippen molar-refractivity contribution in [3.8, 4) is 11.3 Å². The molecule has 2 saturated heterocycles. The van der Waals surface area contributed by atoms with E-state index >= 15 is 0 Å². The second kappa shape index (κ2) is 12.2. The van der Waals surface area contributed by atoms with Crippen LogP contribution in [-0.2, 0) is 9.47 Å². The van der Waals surface area contributed by atoms with Crippen LogP contribution in [0.25, 0.3) is 21.5 Å². The number of nitrogens with zero attached hydrogens (tertiary/aromatic N) is 4. The summed E-state index contributed by atoms with van der Waals surface area (Å²) in [6.07, 6.45) is 0.406. The molecular formula is C33H45N5O4S. The molecule has 9 nitrogen and oxygen atoms in total. The number of benzene rings is 1. The summed E-state index contributed by atoms with van der Waals surface area (Å²) in [7, 11) is 0. The Morgan fingerprint density at radius 1 is 0.930 bits per heavy atom. The first-order chi connectivity index (χ1) is 20.2. The van der Waals surface area contributed by atoms with Crippen molar-refractivity contribution >= 4 is 45.1 Å². The minimum Gasteiger partial charge on any atom is -0.444 e. The molecule has 0 saturated carbocycles. The van der Waals surface area contributed by atoms with Crippen molar-refractivity contribution in [2.24, 2.45) is 5.92 Å². The van der Waals surface area contributed by atoms with Gasteiger partial charge in [-0.05, 0) is 85.1 Å². The number of piperazine rings is 1. The highest BCUT2D eigenvalue weighted by atomic mass is 32.1. The van der Waals surface area contributed by atoms with E-state index in [9.17, 15) is 9.59 Å². The number of aryl methyl sites for hydroxylation is 1. The van der Waals surface area contributed by atoms with Crippen molar-refractivity contribution in [1.29, 1.82) is 0 Å². The number of hydrogen-bond acceptors (Lipinski definition) is 8. The molecule has 2 amide bonds.